The van der Waals surface area contributed by atoms with Crippen molar-refractivity contribution < 1.29 is 14.4 Å². The quantitative estimate of drug-likeness (QED) is 0.657. The van der Waals surface area contributed by atoms with Crippen molar-refractivity contribution in [2.45, 2.75) is 27.2 Å². The van der Waals surface area contributed by atoms with Crippen molar-refractivity contribution >= 4 is 17.7 Å². The predicted octanol–water partition coefficient (Wildman–Crippen LogP) is 0.806. The fourth-order valence-electron chi connectivity index (χ4n) is 1.87. The Labute approximate surface area is 107 Å². The van der Waals surface area contributed by atoms with Gasteiger partial charge in [0.15, 0.2) is 0 Å². The molecule has 18 heavy (non-hydrogen) atoms. The van der Waals surface area contributed by atoms with Gasteiger partial charge in [-0.05, 0) is 12.8 Å². The molecule has 0 aromatic carbocycles. The third kappa shape index (κ3) is 3.68. The Morgan fingerprint density at radius 3 is 2.28 bits per heavy atom. The molecule has 0 spiro atoms. The molecule has 1 aliphatic rings. The number of carbonyl (C=O) groups excluding carboxylic acids is 3. The second kappa shape index (κ2) is 6.33. The lowest BCUT2D eigenvalue weighted by Crippen LogP contribution is -2.38. The molecule has 0 radical (unpaired) electrons. The number of carbonyl (C=O) groups is 3. The molecule has 0 N–H and O–H groups in total. The van der Waals surface area contributed by atoms with Crippen molar-refractivity contribution in [2.75, 3.05) is 19.6 Å². The molecule has 0 saturated carbocycles. The van der Waals surface area contributed by atoms with Crippen molar-refractivity contribution in [3.05, 3.63) is 12.2 Å². The van der Waals surface area contributed by atoms with Gasteiger partial charge in [0.05, 0.1) is 0 Å². The highest BCUT2D eigenvalue weighted by atomic mass is 16.2. The summed E-state index contributed by atoms with van der Waals surface area (Å²) in [4.78, 5) is 37.4. The maximum absolute atomic E-state index is 11.9. The van der Waals surface area contributed by atoms with E-state index in [1.165, 1.54) is 12.2 Å². The van der Waals surface area contributed by atoms with Crippen LogP contribution in [0.5, 0.6) is 0 Å². The van der Waals surface area contributed by atoms with Crippen LogP contribution in [0.1, 0.15) is 27.2 Å². The lowest BCUT2D eigenvalue weighted by molar-refractivity contribution is -0.138. The number of imide groups is 1. The number of rotatable bonds is 6. The Morgan fingerprint density at radius 2 is 1.83 bits per heavy atom. The van der Waals surface area contributed by atoms with Crippen LogP contribution in [-0.2, 0) is 14.4 Å². The molecule has 0 bridgehead atoms. The van der Waals surface area contributed by atoms with Gasteiger partial charge in [0.2, 0.25) is 5.91 Å². The molecule has 3 amide bonds. The van der Waals surface area contributed by atoms with Crippen molar-refractivity contribution in [3.8, 4) is 0 Å². The molecule has 0 atom stereocenters. The minimum Gasteiger partial charge on any atom is -0.343 e. The summed E-state index contributed by atoms with van der Waals surface area (Å²) in [6.07, 6.45) is 2.66. The molecule has 0 fully saturated rings. The molecule has 5 heteroatoms. The van der Waals surface area contributed by atoms with Crippen LogP contribution in [-0.4, -0.2) is 47.2 Å². The highest BCUT2D eigenvalue weighted by Gasteiger charge is 2.24. The maximum atomic E-state index is 11.9. The van der Waals surface area contributed by atoms with Gasteiger partial charge in [-0.2, -0.15) is 0 Å². The van der Waals surface area contributed by atoms with Gasteiger partial charge in [-0.3, -0.25) is 19.3 Å². The van der Waals surface area contributed by atoms with Gasteiger partial charge in [-0.25, -0.2) is 0 Å². The van der Waals surface area contributed by atoms with Gasteiger partial charge in [0, 0.05) is 38.2 Å². The molecule has 100 valence electrons. The van der Waals surface area contributed by atoms with E-state index in [0.717, 1.165) is 4.90 Å². The summed E-state index contributed by atoms with van der Waals surface area (Å²) in [5.74, 6) is -0.274. The first-order valence-corrected chi connectivity index (χ1v) is 6.27. The zero-order valence-electron chi connectivity index (χ0n) is 11.2. The fraction of sp³-hybridized carbons (Fsp3) is 0.615. The average Bonchev–Trinajstić information content (AvgIpc) is 2.63. The van der Waals surface area contributed by atoms with Gasteiger partial charge in [-0.15, -0.1) is 0 Å². The van der Waals surface area contributed by atoms with Crippen LogP contribution in [0.4, 0.5) is 0 Å². The minimum atomic E-state index is -0.334. The maximum Gasteiger partial charge on any atom is 0.253 e. The summed E-state index contributed by atoms with van der Waals surface area (Å²) in [5, 5.41) is 0. The van der Waals surface area contributed by atoms with Gasteiger partial charge in [-0.1, -0.05) is 13.8 Å². The van der Waals surface area contributed by atoms with E-state index in [4.69, 9.17) is 0 Å². The average molecular weight is 252 g/mol. The highest BCUT2D eigenvalue weighted by Crippen LogP contribution is 2.07. The van der Waals surface area contributed by atoms with E-state index in [1.54, 1.807) is 4.90 Å². The molecule has 1 aliphatic heterocycles. The van der Waals surface area contributed by atoms with E-state index in [9.17, 15) is 14.4 Å². The van der Waals surface area contributed by atoms with Crippen molar-refractivity contribution in [1.82, 2.24) is 9.80 Å². The fourth-order valence-corrected chi connectivity index (χ4v) is 1.87. The van der Waals surface area contributed by atoms with Crippen molar-refractivity contribution in [2.24, 2.45) is 5.92 Å². The second-order valence-electron chi connectivity index (χ2n) is 4.74. The first-order valence-electron chi connectivity index (χ1n) is 6.27. The Balaban J connectivity index is 2.45. The zero-order chi connectivity index (χ0) is 13.7. The van der Waals surface area contributed by atoms with E-state index < -0.39 is 0 Å². The summed E-state index contributed by atoms with van der Waals surface area (Å²) in [7, 11) is 0. The van der Waals surface area contributed by atoms with Gasteiger partial charge >= 0.3 is 0 Å². The first kappa shape index (κ1) is 14.4. The third-order valence-corrected chi connectivity index (χ3v) is 2.77. The molecule has 0 unspecified atom stereocenters. The number of nitrogens with zero attached hydrogens (tertiary/aromatic N) is 2. The summed E-state index contributed by atoms with van der Waals surface area (Å²) in [6.45, 7) is 7.54. The predicted molar refractivity (Wildman–Crippen MR) is 67.6 cm³/mol. The Bertz CT molecular complexity index is 356. The van der Waals surface area contributed by atoms with E-state index in [1.807, 2.05) is 20.8 Å². The first-order chi connectivity index (χ1) is 8.45. The van der Waals surface area contributed by atoms with Gasteiger partial charge in [0.1, 0.15) is 0 Å². The van der Waals surface area contributed by atoms with Gasteiger partial charge in [0.25, 0.3) is 11.8 Å². The molecule has 0 aromatic heterocycles. The molecule has 0 saturated heterocycles. The standard InChI is InChI=1S/C13H20N2O3/c1-4-14(9-10(2)3)11(16)7-8-15-12(17)5-6-13(15)18/h5-6,10H,4,7-9H2,1-3H3. The van der Waals surface area contributed by atoms with Gasteiger partial charge < -0.3 is 4.90 Å². The topological polar surface area (TPSA) is 57.7 Å². The third-order valence-electron chi connectivity index (χ3n) is 2.77. The Hall–Kier alpha value is -1.65. The lowest BCUT2D eigenvalue weighted by atomic mass is 10.2. The van der Waals surface area contributed by atoms with Crippen LogP contribution in [0.25, 0.3) is 0 Å². The summed E-state index contributed by atoms with van der Waals surface area (Å²) in [5.41, 5.74) is 0. The SMILES string of the molecule is CCN(CC(C)C)C(=O)CCN1C(=O)C=CC1=O. The van der Waals surface area contributed by atoms with Crippen molar-refractivity contribution in [1.29, 1.82) is 0 Å². The summed E-state index contributed by atoms with van der Waals surface area (Å²) in [6, 6.07) is 0. The zero-order valence-corrected chi connectivity index (χ0v) is 11.2. The largest absolute Gasteiger partial charge is 0.343 e. The normalized spacial score (nSPS) is 14.8. The van der Waals surface area contributed by atoms with E-state index in [0.29, 0.717) is 19.0 Å². The Morgan fingerprint density at radius 1 is 1.28 bits per heavy atom. The van der Waals surface area contributed by atoms with E-state index >= 15 is 0 Å². The number of hydrogen-bond acceptors (Lipinski definition) is 3. The van der Waals surface area contributed by atoms with Crippen LogP contribution in [0, 0.1) is 5.92 Å². The number of amides is 3. The molecule has 1 heterocycles. The van der Waals surface area contributed by atoms with Crippen LogP contribution < -0.4 is 0 Å². The molecule has 5 nitrogen and oxygen atoms in total. The number of hydrogen-bond donors (Lipinski definition) is 0. The van der Waals surface area contributed by atoms with E-state index in [-0.39, 0.29) is 30.7 Å². The van der Waals surface area contributed by atoms with Crippen LogP contribution in [0.3, 0.4) is 0 Å². The summed E-state index contributed by atoms with van der Waals surface area (Å²) < 4.78 is 0. The molecule has 1 rings (SSSR count). The molecule has 0 aliphatic carbocycles. The van der Waals surface area contributed by atoms with Crippen molar-refractivity contribution in [3.63, 3.8) is 0 Å². The smallest absolute Gasteiger partial charge is 0.253 e. The van der Waals surface area contributed by atoms with Crippen LogP contribution in [0.15, 0.2) is 12.2 Å². The van der Waals surface area contributed by atoms with Crippen LogP contribution >= 0.6 is 0 Å². The minimum absolute atomic E-state index is 0.0151. The summed E-state index contributed by atoms with van der Waals surface area (Å²) >= 11 is 0. The molecular weight excluding hydrogens is 232 g/mol. The monoisotopic (exact) mass is 252 g/mol. The Kier molecular flexibility index (Phi) is 5.07. The van der Waals surface area contributed by atoms with E-state index in [2.05, 4.69) is 0 Å². The second-order valence-corrected chi connectivity index (χ2v) is 4.74. The van der Waals surface area contributed by atoms with Crippen LogP contribution in [0.2, 0.25) is 0 Å². The lowest BCUT2D eigenvalue weighted by Gasteiger charge is -2.24. The molecular formula is C13H20N2O3. The highest BCUT2D eigenvalue weighted by molar-refractivity contribution is 6.13. The molecule has 0 aromatic rings.